The summed E-state index contributed by atoms with van der Waals surface area (Å²) in [6.45, 7) is 3.66. The molecule has 0 spiro atoms. The van der Waals surface area contributed by atoms with Crippen molar-refractivity contribution in [3.05, 3.63) is 60.3 Å². The molecule has 1 aliphatic rings. The van der Waals surface area contributed by atoms with Crippen LogP contribution in [0.1, 0.15) is 49.2 Å². The maximum atomic E-state index is 12.7. The van der Waals surface area contributed by atoms with Gasteiger partial charge in [0.05, 0.1) is 23.4 Å². The normalized spacial score (nSPS) is 15.4. The van der Waals surface area contributed by atoms with Crippen LogP contribution in [0.15, 0.2) is 54.0 Å². The number of aliphatic imine (C=N–C) groups is 1. The number of carbonyl (C=O) groups excluding carboxylic acids is 1. The average molecular weight is 461 g/mol. The van der Waals surface area contributed by atoms with Crippen LogP contribution in [0.5, 0.6) is 0 Å². The second kappa shape index (κ2) is 9.14. The number of hydrogen-bond acceptors (Lipinski definition) is 8. The summed E-state index contributed by atoms with van der Waals surface area (Å²) in [4.78, 5) is 33.3. The molecule has 1 aromatic carbocycles. The van der Waals surface area contributed by atoms with Crippen LogP contribution < -0.4 is 16.8 Å². The third-order valence-electron chi connectivity index (χ3n) is 5.94. The molecule has 1 aliphatic carbocycles. The number of aromatic nitrogens is 4. The highest BCUT2D eigenvalue weighted by atomic mass is 16.3. The van der Waals surface area contributed by atoms with Crippen LogP contribution in [-0.4, -0.2) is 48.9 Å². The number of carbonyl (C=O) groups is 1. The summed E-state index contributed by atoms with van der Waals surface area (Å²) in [5.74, 6) is 0.420. The van der Waals surface area contributed by atoms with Gasteiger partial charge in [-0.05, 0) is 37.8 Å². The van der Waals surface area contributed by atoms with E-state index >= 15 is 0 Å². The second-order valence-corrected chi connectivity index (χ2v) is 9.10. The number of nitrogens with two attached hydrogens (primary N) is 2. The highest BCUT2D eigenvalue weighted by molar-refractivity contribution is 6.05. The summed E-state index contributed by atoms with van der Waals surface area (Å²) >= 11 is 0. The number of amidine groups is 1. The number of rotatable bonds is 7. The number of nitrogens with zero attached hydrogens (tertiary/aromatic N) is 5. The maximum absolute atomic E-state index is 12.7. The number of hydrogen-bond donors (Lipinski definition) is 4. The van der Waals surface area contributed by atoms with Gasteiger partial charge in [0.2, 0.25) is 5.95 Å². The first-order valence-corrected chi connectivity index (χ1v) is 11.0. The van der Waals surface area contributed by atoms with Crippen LogP contribution >= 0.6 is 0 Å². The van der Waals surface area contributed by atoms with E-state index in [1.807, 2.05) is 24.3 Å². The Bertz CT molecular complexity index is 1180. The number of benzene rings is 1. The Morgan fingerprint density at radius 3 is 2.26 bits per heavy atom. The van der Waals surface area contributed by atoms with E-state index in [2.05, 4.69) is 30.2 Å². The molecule has 0 atom stereocenters. The quantitative estimate of drug-likeness (QED) is 0.306. The molecule has 0 radical (unpaired) electrons. The lowest BCUT2D eigenvalue weighted by molar-refractivity contribution is 0.0942. The van der Waals surface area contributed by atoms with E-state index in [4.69, 9.17) is 11.5 Å². The van der Waals surface area contributed by atoms with Crippen molar-refractivity contribution in [2.24, 2.45) is 10.7 Å². The van der Waals surface area contributed by atoms with E-state index in [9.17, 15) is 9.90 Å². The van der Waals surface area contributed by atoms with Gasteiger partial charge in [-0.25, -0.2) is 19.9 Å². The van der Waals surface area contributed by atoms with Crippen molar-refractivity contribution in [3.8, 4) is 11.1 Å². The van der Waals surface area contributed by atoms with Gasteiger partial charge in [-0.1, -0.05) is 30.7 Å². The molecule has 10 heteroatoms. The molecule has 2 heterocycles. The Morgan fingerprint density at radius 2 is 1.74 bits per heavy atom. The number of anilines is 2. The van der Waals surface area contributed by atoms with Crippen LogP contribution in [0.25, 0.3) is 11.1 Å². The Balaban J connectivity index is 1.50. The first-order valence-electron chi connectivity index (χ1n) is 11.0. The Labute approximate surface area is 197 Å². The lowest BCUT2D eigenvalue weighted by Gasteiger charge is -2.41. The van der Waals surface area contributed by atoms with Crippen molar-refractivity contribution in [2.45, 2.75) is 44.1 Å². The van der Waals surface area contributed by atoms with Crippen molar-refractivity contribution >= 4 is 23.5 Å². The zero-order valence-electron chi connectivity index (χ0n) is 19.2. The largest absolute Gasteiger partial charge is 0.389 e. The number of amides is 1. The molecule has 2 aromatic heterocycles. The molecule has 1 amide bonds. The van der Waals surface area contributed by atoms with Crippen LogP contribution in [0.2, 0.25) is 0 Å². The zero-order valence-corrected chi connectivity index (χ0v) is 19.2. The predicted molar refractivity (Wildman–Crippen MR) is 130 cm³/mol. The molecule has 0 bridgehead atoms. The molecule has 0 unspecified atom stereocenters. The number of nitrogen functional groups attached to an aromatic ring is 1. The lowest BCUT2D eigenvalue weighted by Crippen LogP contribution is -2.47. The fourth-order valence-electron chi connectivity index (χ4n) is 3.80. The second-order valence-electron chi connectivity index (χ2n) is 9.10. The van der Waals surface area contributed by atoms with Crippen molar-refractivity contribution in [1.29, 1.82) is 0 Å². The molecular weight excluding hydrogens is 432 g/mol. The van der Waals surface area contributed by atoms with Crippen LogP contribution in [-0.2, 0) is 5.41 Å². The SMILES string of the molecule is CC(C)(O)CNc1cnc(C(=O)N=C(N)C2(c3ccc(-c4cnc(N)nc4)cc3)CCC2)cn1. The first-order chi connectivity index (χ1) is 16.2. The van der Waals surface area contributed by atoms with Crippen LogP contribution in [0, 0.1) is 0 Å². The van der Waals surface area contributed by atoms with Crippen LogP contribution in [0.4, 0.5) is 11.8 Å². The van der Waals surface area contributed by atoms with Crippen molar-refractivity contribution in [2.75, 3.05) is 17.6 Å². The van der Waals surface area contributed by atoms with Crippen molar-refractivity contribution in [1.82, 2.24) is 19.9 Å². The monoisotopic (exact) mass is 460 g/mol. The van der Waals surface area contributed by atoms with E-state index in [-0.39, 0.29) is 17.5 Å². The van der Waals surface area contributed by atoms with E-state index in [1.165, 1.54) is 12.4 Å². The minimum absolute atomic E-state index is 0.102. The topological polar surface area (TPSA) is 165 Å². The number of aliphatic hydroxyl groups is 1. The maximum Gasteiger partial charge on any atom is 0.298 e. The summed E-state index contributed by atoms with van der Waals surface area (Å²) in [6, 6.07) is 7.95. The van der Waals surface area contributed by atoms with Gasteiger partial charge in [0, 0.05) is 24.5 Å². The smallest absolute Gasteiger partial charge is 0.298 e. The Morgan fingerprint density at radius 1 is 1.06 bits per heavy atom. The van der Waals surface area contributed by atoms with E-state index in [0.717, 1.165) is 36.0 Å². The van der Waals surface area contributed by atoms with Gasteiger partial charge in [0.15, 0.2) is 0 Å². The van der Waals surface area contributed by atoms with Crippen molar-refractivity contribution in [3.63, 3.8) is 0 Å². The Kier molecular flexibility index (Phi) is 6.25. The molecule has 3 aromatic rings. The molecular formula is C24H28N8O2. The standard InChI is InChI=1S/C24H28N8O2/c1-23(2,34)14-31-19-13-27-18(12-28-19)20(33)32-21(25)24(8-3-9-24)17-6-4-15(5-7-17)16-10-29-22(26)30-11-16/h4-7,10-13,34H,3,8-9,14H2,1-2H3,(H,28,31)(H2,25,32,33)(H2,26,29,30). The minimum Gasteiger partial charge on any atom is -0.389 e. The highest BCUT2D eigenvalue weighted by Crippen LogP contribution is 2.44. The Hall–Kier alpha value is -3.92. The summed E-state index contributed by atoms with van der Waals surface area (Å²) in [6.07, 6.45) is 8.76. The fourth-order valence-corrected chi connectivity index (χ4v) is 3.80. The van der Waals surface area contributed by atoms with Gasteiger partial charge in [0.1, 0.15) is 17.3 Å². The van der Waals surface area contributed by atoms with Gasteiger partial charge in [-0.2, -0.15) is 4.99 Å². The summed E-state index contributed by atoms with van der Waals surface area (Å²) < 4.78 is 0. The van der Waals surface area contributed by atoms with Gasteiger partial charge in [-0.15, -0.1) is 0 Å². The van der Waals surface area contributed by atoms with E-state index < -0.39 is 16.9 Å². The van der Waals surface area contributed by atoms with Gasteiger partial charge in [0.25, 0.3) is 5.91 Å². The third-order valence-corrected chi connectivity index (χ3v) is 5.94. The van der Waals surface area contributed by atoms with E-state index in [0.29, 0.717) is 12.4 Å². The molecule has 10 nitrogen and oxygen atoms in total. The fraction of sp³-hybridized carbons (Fsp3) is 0.333. The molecule has 6 N–H and O–H groups in total. The van der Waals surface area contributed by atoms with E-state index in [1.54, 1.807) is 26.2 Å². The number of nitrogens with one attached hydrogen (secondary N) is 1. The highest BCUT2D eigenvalue weighted by Gasteiger charge is 2.43. The van der Waals surface area contributed by atoms with Crippen molar-refractivity contribution < 1.29 is 9.90 Å². The van der Waals surface area contributed by atoms with Gasteiger partial charge in [-0.3, -0.25) is 4.79 Å². The zero-order chi connectivity index (χ0) is 24.3. The molecule has 1 saturated carbocycles. The average Bonchev–Trinajstić information content (AvgIpc) is 2.78. The van der Waals surface area contributed by atoms with Gasteiger partial charge < -0.3 is 21.9 Å². The lowest BCUT2D eigenvalue weighted by atomic mass is 9.63. The van der Waals surface area contributed by atoms with Crippen LogP contribution in [0.3, 0.4) is 0 Å². The molecule has 0 aliphatic heterocycles. The molecule has 1 fully saturated rings. The summed E-state index contributed by atoms with van der Waals surface area (Å²) in [7, 11) is 0. The minimum atomic E-state index is -0.896. The van der Waals surface area contributed by atoms with Gasteiger partial charge >= 0.3 is 0 Å². The first kappa shape index (κ1) is 23.2. The molecule has 34 heavy (non-hydrogen) atoms. The third kappa shape index (κ3) is 5.01. The summed E-state index contributed by atoms with van der Waals surface area (Å²) in [5, 5.41) is 12.8. The molecule has 4 rings (SSSR count). The summed E-state index contributed by atoms with van der Waals surface area (Å²) in [5.41, 5.74) is 13.5. The molecule has 0 saturated heterocycles. The predicted octanol–water partition coefficient (Wildman–Crippen LogP) is 2.32. The molecule has 176 valence electrons.